The van der Waals surface area contributed by atoms with Crippen molar-refractivity contribution in [3.05, 3.63) is 51.7 Å². The van der Waals surface area contributed by atoms with Gasteiger partial charge in [-0.25, -0.2) is 4.98 Å². The molecule has 1 aromatic carbocycles. The van der Waals surface area contributed by atoms with Gasteiger partial charge in [-0.2, -0.15) is 0 Å². The van der Waals surface area contributed by atoms with Gasteiger partial charge < -0.3 is 19.4 Å². The van der Waals surface area contributed by atoms with Gasteiger partial charge >= 0.3 is 0 Å². The lowest BCUT2D eigenvalue weighted by atomic mass is 10.2. The van der Waals surface area contributed by atoms with Crippen molar-refractivity contribution >= 4 is 16.9 Å². The van der Waals surface area contributed by atoms with Gasteiger partial charge in [0.25, 0.3) is 5.56 Å². The molecule has 0 spiro atoms. The van der Waals surface area contributed by atoms with Crippen molar-refractivity contribution in [2.75, 3.05) is 14.2 Å². The summed E-state index contributed by atoms with van der Waals surface area (Å²) in [5.74, 6) is 1.87. The van der Waals surface area contributed by atoms with Gasteiger partial charge in [0, 0.05) is 30.8 Å². The summed E-state index contributed by atoms with van der Waals surface area (Å²) in [4.78, 5) is 30.7. The molecule has 0 fully saturated rings. The summed E-state index contributed by atoms with van der Waals surface area (Å²) >= 11 is 0. The van der Waals surface area contributed by atoms with E-state index >= 15 is 0 Å². The van der Waals surface area contributed by atoms with Crippen LogP contribution in [-0.2, 0) is 30.8 Å². The first-order chi connectivity index (χ1) is 15.0. The van der Waals surface area contributed by atoms with Crippen LogP contribution in [0.25, 0.3) is 11.0 Å². The van der Waals surface area contributed by atoms with Crippen molar-refractivity contribution in [3.63, 3.8) is 0 Å². The van der Waals surface area contributed by atoms with Crippen LogP contribution < -0.4 is 20.3 Å². The number of para-hydroxylation sites is 1. The Morgan fingerprint density at radius 2 is 2.03 bits per heavy atom. The zero-order chi connectivity index (χ0) is 22.0. The highest BCUT2D eigenvalue weighted by molar-refractivity contribution is 5.81. The SMILES string of the molecule is COc1cccc(CNC(=O)Cn2c(C)cc3nc4n(c(=O)c32)CCCCC4)c1OC. The maximum atomic E-state index is 13.2. The predicted molar refractivity (Wildman–Crippen MR) is 118 cm³/mol. The van der Waals surface area contributed by atoms with Crippen LogP contribution in [0, 0.1) is 6.92 Å². The van der Waals surface area contributed by atoms with Crippen LogP contribution in [0.5, 0.6) is 11.5 Å². The fourth-order valence-corrected chi connectivity index (χ4v) is 4.25. The number of methoxy groups -OCH3 is 2. The highest BCUT2D eigenvalue weighted by Gasteiger charge is 2.19. The van der Waals surface area contributed by atoms with E-state index in [1.54, 1.807) is 23.4 Å². The van der Waals surface area contributed by atoms with Crippen molar-refractivity contribution < 1.29 is 14.3 Å². The molecule has 0 aliphatic carbocycles. The number of amides is 1. The largest absolute Gasteiger partial charge is 0.493 e. The molecule has 164 valence electrons. The van der Waals surface area contributed by atoms with E-state index in [1.165, 1.54) is 0 Å². The number of aromatic nitrogens is 3. The maximum absolute atomic E-state index is 13.2. The van der Waals surface area contributed by atoms with Crippen LogP contribution in [-0.4, -0.2) is 34.2 Å². The summed E-state index contributed by atoms with van der Waals surface area (Å²) in [5.41, 5.74) is 2.76. The second-order valence-corrected chi connectivity index (χ2v) is 7.83. The monoisotopic (exact) mass is 424 g/mol. The Balaban J connectivity index is 1.58. The van der Waals surface area contributed by atoms with E-state index < -0.39 is 0 Å². The minimum absolute atomic E-state index is 0.0535. The number of hydrogen-bond donors (Lipinski definition) is 1. The van der Waals surface area contributed by atoms with Crippen LogP contribution in [0.2, 0.25) is 0 Å². The summed E-state index contributed by atoms with van der Waals surface area (Å²) in [6, 6.07) is 7.43. The van der Waals surface area contributed by atoms with E-state index in [2.05, 4.69) is 5.32 Å². The molecule has 3 heterocycles. The van der Waals surface area contributed by atoms with Gasteiger partial charge in [-0.05, 0) is 31.9 Å². The predicted octanol–water partition coefficient (Wildman–Crippen LogP) is 2.57. The normalized spacial score (nSPS) is 13.5. The highest BCUT2D eigenvalue weighted by atomic mass is 16.5. The van der Waals surface area contributed by atoms with Crippen LogP contribution in [0.3, 0.4) is 0 Å². The molecule has 0 saturated heterocycles. The summed E-state index contributed by atoms with van der Waals surface area (Å²) < 4.78 is 14.3. The first-order valence-corrected chi connectivity index (χ1v) is 10.6. The molecule has 31 heavy (non-hydrogen) atoms. The molecule has 0 unspecified atom stereocenters. The number of nitrogens with one attached hydrogen (secondary N) is 1. The molecule has 0 saturated carbocycles. The number of fused-ring (bicyclic) bond motifs is 2. The number of ether oxygens (including phenoxy) is 2. The zero-order valence-electron chi connectivity index (χ0n) is 18.2. The first-order valence-electron chi connectivity index (χ1n) is 10.6. The van der Waals surface area contributed by atoms with E-state index in [1.807, 2.05) is 31.2 Å². The average molecular weight is 425 g/mol. The van der Waals surface area contributed by atoms with Gasteiger partial charge in [0.05, 0.1) is 19.7 Å². The Hall–Kier alpha value is -3.29. The van der Waals surface area contributed by atoms with E-state index in [0.29, 0.717) is 35.6 Å². The number of nitrogens with zero attached hydrogens (tertiary/aromatic N) is 3. The highest BCUT2D eigenvalue weighted by Crippen LogP contribution is 2.30. The molecular weight excluding hydrogens is 396 g/mol. The Kier molecular flexibility index (Phi) is 5.97. The average Bonchev–Trinajstić information content (AvgIpc) is 2.92. The topological polar surface area (TPSA) is 87.4 Å². The second-order valence-electron chi connectivity index (χ2n) is 7.83. The third-order valence-electron chi connectivity index (χ3n) is 5.84. The Morgan fingerprint density at radius 1 is 1.19 bits per heavy atom. The molecule has 1 amide bonds. The number of aryl methyl sites for hydroxylation is 2. The van der Waals surface area contributed by atoms with Crippen LogP contribution >= 0.6 is 0 Å². The Labute approximate surface area is 180 Å². The number of carbonyl (C=O) groups is 1. The van der Waals surface area contributed by atoms with Gasteiger partial charge in [0.15, 0.2) is 11.5 Å². The smallest absolute Gasteiger partial charge is 0.278 e. The van der Waals surface area contributed by atoms with Crippen LogP contribution in [0.1, 0.15) is 36.3 Å². The van der Waals surface area contributed by atoms with Gasteiger partial charge in [-0.15, -0.1) is 0 Å². The summed E-state index contributed by atoms with van der Waals surface area (Å²) in [6.07, 6.45) is 3.94. The first kappa shape index (κ1) is 21.0. The van der Waals surface area contributed by atoms with Crippen molar-refractivity contribution in [2.24, 2.45) is 0 Å². The van der Waals surface area contributed by atoms with E-state index in [0.717, 1.165) is 42.8 Å². The second kappa shape index (κ2) is 8.83. The molecule has 1 aliphatic heterocycles. The fourth-order valence-electron chi connectivity index (χ4n) is 4.25. The molecule has 1 aliphatic rings. The number of hydrogen-bond acceptors (Lipinski definition) is 5. The van der Waals surface area contributed by atoms with E-state index in [9.17, 15) is 9.59 Å². The van der Waals surface area contributed by atoms with Crippen molar-refractivity contribution in [1.29, 1.82) is 0 Å². The molecule has 8 nitrogen and oxygen atoms in total. The number of benzene rings is 1. The lowest BCUT2D eigenvalue weighted by molar-refractivity contribution is -0.121. The quantitative estimate of drug-likeness (QED) is 0.657. The molecule has 0 atom stereocenters. The molecule has 0 bridgehead atoms. The van der Waals surface area contributed by atoms with Crippen LogP contribution in [0.4, 0.5) is 0 Å². The lowest BCUT2D eigenvalue weighted by Gasteiger charge is -2.14. The van der Waals surface area contributed by atoms with Crippen molar-refractivity contribution in [2.45, 2.75) is 52.2 Å². The summed E-state index contributed by atoms with van der Waals surface area (Å²) in [7, 11) is 3.15. The lowest BCUT2D eigenvalue weighted by Crippen LogP contribution is -2.30. The van der Waals surface area contributed by atoms with Crippen molar-refractivity contribution in [1.82, 2.24) is 19.4 Å². The third kappa shape index (κ3) is 4.02. The molecule has 3 aromatic rings. The molecular formula is C23H28N4O4. The fraction of sp³-hybridized carbons (Fsp3) is 0.435. The third-order valence-corrected chi connectivity index (χ3v) is 5.84. The summed E-state index contributed by atoms with van der Waals surface area (Å²) in [6.45, 7) is 2.93. The zero-order valence-corrected chi connectivity index (χ0v) is 18.2. The summed E-state index contributed by atoms with van der Waals surface area (Å²) in [5, 5.41) is 2.92. The molecule has 1 N–H and O–H groups in total. The molecule has 4 rings (SSSR count). The van der Waals surface area contributed by atoms with E-state index in [-0.39, 0.29) is 18.0 Å². The van der Waals surface area contributed by atoms with Crippen LogP contribution in [0.15, 0.2) is 29.1 Å². The van der Waals surface area contributed by atoms with Gasteiger partial charge in [-0.1, -0.05) is 18.6 Å². The minimum Gasteiger partial charge on any atom is -0.493 e. The van der Waals surface area contributed by atoms with E-state index in [4.69, 9.17) is 14.5 Å². The van der Waals surface area contributed by atoms with Gasteiger partial charge in [0.1, 0.15) is 17.9 Å². The Bertz CT molecular complexity index is 1180. The molecule has 2 aromatic heterocycles. The van der Waals surface area contributed by atoms with Crippen molar-refractivity contribution in [3.8, 4) is 11.5 Å². The number of carbonyl (C=O) groups excluding carboxylic acids is 1. The van der Waals surface area contributed by atoms with Gasteiger partial charge in [-0.3, -0.25) is 14.2 Å². The Morgan fingerprint density at radius 3 is 2.81 bits per heavy atom. The maximum Gasteiger partial charge on any atom is 0.278 e. The molecule has 0 radical (unpaired) electrons. The standard InChI is InChI=1S/C23H28N4O4/c1-15-12-17-21(23(29)26-11-6-4-5-10-19(26)25-17)27(15)14-20(28)24-13-16-8-7-9-18(30-2)22(16)31-3/h7-9,12H,4-6,10-11,13-14H2,1-3H3,(H,24,28). The minimum atomic E-state index is -0.190. The van der Waals surface area contributed by atoms with Gasteiger partial charge in [0.2, 0.25) is 5.91 Å². The molecule has 8 heteroatoms. The number of rotatable bonds is 6.